The highest BCUT2D eigenvalue weighted by Gasteiger charge is 2.18. The molecule has 26 heavy (non-hydrogen) atoms. The van der Waals surface area contributed by atoms with Gasteiger partial charge in [-0.05, 0) is 24.3 Å². The monoisotopic (exact) mass is 402 g/mol. The zero-order valence-electron chi connectivity index (χ0n) is 13.3. The lowest BCUT2D eigenvalue weighted by molar-refractivity contribution is 0.420. The van der Waals surface area contributed by atoms with Gasteiger partial charge in [-0.3, -0.25) is 14.4 Å². The van der Waals surface area contributed by atoms with Crippen molar-refractivity contribution in [1.29, 1.82) is 0 Å². The predicted octanol–water partition coefficient (Wildman–Crippen LogP) is 5.23. The lowest BCUT2D eigenvalue weighted by atomic mass is 10.1. The van der Waals surface area contributed by atoms with E-state index < -0.39 is 0 Å². The quantitative estimate of drug-likeness (QED) is 0.651. The maximum absolute atomic E-state index is 12.4. The van der Waals surface area contributed by atoms with Crippen LogP contribution in [0, 0.1) is 0 Å². The van der Waals surface area contributed by atoms with E-state index in [-0.39, 0.29) is 17.3 Å². The number of aromatic hydroxyl groups is 1. The van der Waals surface area contributed by atoms with Gasteiger partial charge in [0.25, 0.3) is 0 Å². The number of aromatic nitrogens is 1. The third-order valence-corrected chi connectivity index (χ3v) is 5.74. The number of aliphatic imine (C=N–C) groups is 1. The van der Waals surface area contributed by atoms with Crippen LogP contribution >= 0.6 is 34.5 Å². The normalized spacial score (nSPS) is 14.2. The van der Waals surface area contributed by atoms with E-state index in [1.165, 1.54) is 4.57 Å². The predicted molar refractivity (Wildman–Crippen MR) is 108 cm³/mol. The van der Waals surface area contributed by atoms with Crippen LogP contribution in [0.15, 0.2) is 52.3 Å². The summed E-state index contributed by atoms with van der Waals surface area (Å²) in [7, 11) is 0. The molecule has 1 aliphatic rings. The number of benzene rings is 2. The molecule has 0 unspecified atom stereocenters. The third kappa shape index (κ3) is 2.98. The SMILES string of the molecule is O=c1sc(/C=C2/C=Nc3ccccc32)c(O)n1Cc1c(Cl)cccc1Cl. The maximum atomic E-state index is 12.4. The van der Waals surface area contributed by atoms with Crippen molar-refractivity contribution in [2.24, 2.45) is 4.99 Å². The second kappa shape index (κ2) is 6.76. The number of rotatable bonds is 3. The second-order valence-corrected chi connectivity index (χ2v) is 7.52. The van der Waals surface area contributed by atoms with Crippen molar-refractivity contribution in [3.63, 3.8) is 0 Å². The zero-order valence-corrected chi connectivity index (χ0v) is 15.6. The molecule has 1 N–H and O–H groups in total. The van der Waals surface area contributed by atoms with Crippen LogP contribution in [0.3, 0.4) is 0 Å². The lowest BCUT2D eigenvalue weighted by Crippen LogP contribution is -2.13. The van der Waals surface area contributed by atoms with E-state index in [0.29, 0.717) is 20.5 Å². The first-order valence-corrected chi connectivity index (χ1v) is 9.32. The van der Waals surface area contributed by atoms with Crippen LogP contribution < -0.4 is 4.87 Å². The Morgan fingerprint density at radius 3 is 2.62 bits per heavy atom. The van der Waals surface area contributed by atoms with E-state index in [9.17, 15) is 9.90 Å². The van der Waals surface area contributed by atoms with Crippen molar-refractivity contribution in [2.45, 2.75) is 6.54 Å². The first-order chi connectivity index (χ1) is 12.5. The van der Waals surface area contributed by atoms with Crippen LogP contribution in [-0.4, -0.2) is 15.9 Å². The topological polar surface area (TPSA) is 54.6 Å². The summed E-state index contributed by atoms with van der Waals surface area (Å²) in [6.07, 6.45) is 3.49. The average Bonchev–Trinajstić information content (AvgIpc) is 3.14. The maximum Gasteiger partial charge on any atom is 0.310 e. The summed E-state index contributed by atoms with van der Waals surface area (Å²) < 4.78 is 1.27. The van der Waals surface area contributed by atoms with Gasteiger partial charge in [0.2, 0.25) is 5.88 Å². The van der Waals surface area contributed by atoms with Crippen LogP contribution in [0.2, 0.25) is 10.0 Å². The van der Waals surface area contributed by atoms with Gasteiger partial charge in [0, 0.05) is 33.0 Å². The first kappa shape index (κ1) is 17.1. The van der Waals surface area contributed by atoms with Gasteiger partial charge in [-0.25, -0.2) is 0 Å². The van der Waals surface area contributed by atoms with Gasteiger partial charge in [-0.15, -0.1) is 0 Å². The molecule has 0 amide bonds. The molecule has 130 valence electrons. The molecule has 4 rings (SSSR count). The molecular formula is C19H12Cl2N2O2S. The van der Waals surface area contributed by atoms with Gasteiger partial charge in [-0.2, -0.15) is 0 Å². The summed E-state index contributed by atoms with van der Waals surface area (Å²) in [5, 5.41) is 11.5. The molecule has 0 spiro atoms. The van der Waals surface area contributed by atoms with Crippen LogP contribution in [0.5, 0.6) is 5.88 Å². The molecule has 0 saturated carbocycles. The Labute approximate surface area is 163 Å². The molecule has 0 saturated heterocycles. The third-order valence-electron chi connectivity index (χ3n) is 4.12. The van der Waals surface area contributed by atoms with Crippen molar-refractivity contribution in [1.82, 2.24) is 4.57 Å². The summed E-state index contributed by atoms with van der Waals surface area (Å²) >= 11 is 13.3. The van der Waals surface area contributed by atoms with Gasteiger partial charge in [0.05, 0.1) is 17.1 Å². The number of hydrogen-bond acceptors (Lipinski definition) is 4. The smallest absolute Gasteiger partial charge is 0.310 e. The number of thiazole rings is 1. The zero-order chi connectivity index (χ0) is 18.3. The van der Waals surface area contributed by atoms with Gasteiger partial charge in [0.15, 0.2) is 0 Å². The summed E-state index contributed by atoms with van der Waals surface area (Å²) in [6.45, 7) is 0.105. The van der Waals surface area contributed by atoms with E-state index in [0.717, 1.165) is 28.2 Å². The standard InChI is InChI=1S/C19H12Cl2N2O2S/c20-14-5-3-6-15(21)13(14)10-23-18(24)17(26-19(23)25)8-11-9-22-16-7-2-1-4-12(11)16/h1-9,24H,10H2/b11-8-. The van der Waals surface area contributed by atoms with Gasteiger partial charge < -0.3 is 5.11 Å². The Morgan fingerprint density at radius 2 is 1.85 bits per heavy atom. The van der Waals surface area contributed by atoms with Crippen molar-refractivity contribution in [3.8, 4) is 5.88 Å². The molecule has 0 radical (unpaired) electrons. The lowest BCUT2D eigenvalue weighted by Gasteiger charge is -2.08. The minimum absolute atomic E-state index is 0.105. The van der Waals surface area contributed by atoms with E-state index in [1.807, 2.05) is 24.3 Å². The van der Waals surface area contributed by atoms with E-state index >= 15 is 0 Å². The fourth-order valence-corrected chi connectivity index (χ4v) is 4.14. The summed E-state index contributed by atoms with van der Waals surface area (Å²) in [4.78, 5) is 16.9. The fourth-order valence-electron chi connectivity index (χ4n) is 2.78. The molecular weight excluding hydrogens is 391 g/mol. The molecule has 1 aliphatic heterocycles. The van der Waals surface area contributed by atoms with Crippen LogP contribution in [0.25, 0.3) is 11.6 Å². The van der Waals surface area contributed by atoms with Crippen LogP contribution in [-0.2, 0) is 6.54 Å². The Hall–Kier alpha value is -2.34. The molecule has 2 aromatic carbocycles. The highest BCUT2D eigenvalue weighted by molar-refractivity contribution is 7.10. The molecule has 1 aromatic heterocycles. The van der Waals surface area contributed by atoms with Crippen LogP contribution in [0.1, 0.15) is 16.0 Å². The Balaban J connectivity index is 1.74. The highest BCUT2D eigenvalue weighted by atomic mass is 35.5. The molecule has 0 atom stereocenters. The highest BCUT2D eigenvalue weighted by Crippen LogP contribution is 2.35. The van der Waals surface area contributed by atoms with E-state index in [4.69, 9.17) is 23.2 Å². The largest absolute Gasteiger partial charge is 0.493 e. The molecule has 7 heteroatoms. The Bertz CT molecular complexity index is 1110. The minimum Gasteiger partial charge on any atom is -0.493 e. The molecule has 4 nitrogen and oxygen atoms in total. The summed E-state index contributed by atoms with van der Waals surface area (Å²) in [6, 6.07) is 12.8. The number of para-hydroxylation sites is 1. The van der Waals surface area contributed by atoms with Crippen molar-refractivity contribution < 1.29 is 5.11 Å². The van der Waals surface area contributed by atoms with Gasteiger partial charge in [0.1, 0.15) is 0 Å². The Kier molecular flexibility index (Phi) is 4.44. The minimum atomic E-state index is -0.284. The number of hydrogen-bond donors (Lipinski definition) is 1. The van der Waals surface area contributed by atoms with Gasteiger partial charge in [-0.1, -0.05) is 58.8 Å². The number of allylic oxidation sites excluding steroid dienone is 1. The molecule has 2 heterocycles. The van der Waals surface area contributed by atoms with Gasteiger partial charge >= 0.3 is 4.87 Å². The van der Waals surface area contributed by atoms with Crippen LogP contribution in [0.4, 0.5) is 5.69 Å². The number of nitrogens with zero attached hydrogens (tertiary/aromatic N) is 2. The first-order valence-electron chi connectivity index (χ1n) is 7.75. The van der Waals surface area contributed by atoms with E-state index in [2.05, 4.69) is 4.99 Å². The molecule has 0 bridgehead atoms. The summed E-state index contributed by atoms with van der Waals surface area (Å²) in [5.74, 6) is -0.110. The van der Waals surface area contributed by atoms with Crippen molar-refractivity contribution in [3.05, 3.63) is 78.2 Å². The molecule has 0 aliphatic carbocycles. The van der Waals surface area contributed by atoms with Crippen molar-refractivity contribution >= 4 is 58.1 Å². The van der Waals surface area contributed by atoms with E-state index in [1.54, 1.807) is 30.5 Å². The average molecular weight is 403 g/mol. The number of halogens is 2. The Morgan fingerprint density at radius 1 is 1.12 bits per heavy atom. The van der Waals surface area contributed by atoms with Crippen molar-refractivity contribution in [2.75, 3.05) is 0 Å². The molecule has 3 aromatic rings. The number of fused-ring (bicyclic) bond motifs is 1. The summed E-state index contributed by atoms with van der Waals surface area (Å²) in [5.41, 5.74) is 3.28. The fraction of sp³-hybridized carbons (Fsp3) is 0.0526. The second-order valence-electron chi connectivity index (χ2n) is 5.72. The molecule has 0 fully saturated rings.